The summed E-state index contributed by atoms with van der Waals surface area (Å²) in [5, 5.41) is 9.34. The quantitative estimate of drug-likeness (QED) is 0.155. The van der Waals surface area contributed by atoms with Gasteiger partial charge in [0.2, 0.25) is 0 Å². The number of hydrogen-bond acceptors (Lipinski definition) is 5. The number of benzene rings is 6. The number of aromatic nitrogens is 5. The first-order valence-electron chi connectivity index (χ1n) is 17.6. The van der Waals surface area contributed by atoms with Gasteiger partial charge in [-0.25, -0.2) is 4.98 Å². The average molecular weight is 891 g/mol. The number of hydrogen-bond donors (Lipinski definition) is 0. The fourth-order valence-electron chi connectivity index (χ4n) is 6.84. The Kier molecular flexibility index (Phi) is 10.8. The number of fused-ring (bicyclic) bond motifs is 1. The van der Waals surface area contributed by atoms with Crippen molar-refractivity contribution < 1.29 is 24.5 Å². The second kappa shape index (κ2) is 16.2. The zero-order chi connectivity index (χ0) is 37.0. The van der Waals surface area contributed by atoms with Crippen LogP contribution in [0, 0.1) is 44.2 Å². The van der Waals surface area contributed by atoms with E-state index in [0.29, 0.717) is 11.5 Å². The summed E-state index contributed by atoms with van der Waals surface area (Å²) in [4.78, 5) is 13.6. The summed E-state index contributed by atoms with van der Waals surface area (Å²) in [6, 6.07) is 51.2. The summed E-state index contributed by atoms with van der Waals surface area (Å²) in [5.74, 6) is 2.26. The van der Waals surface area contributed by atoms with Gasteiger partial charge in [-0.05, 0) is 41.7 Å². The van der Waals surface area contributed by atoms with Crippen LogP contribution in [0.25, 0.3) is 67.5 Å². The maximum absolute atomic E-state index is 9.34. The first-order valence-corrected chi connectivity index (χ1v) is 17.6. The van der Waals surface area contributed by atoms with E-state index in [2.05, 4.69) is 117 Å². The molecule has 8 heteroatoms. The van der Waals surface area contributed by atoms with Crippen molar-refractivity contribution in [3.8, 4) is 62.5 Å². The Balaban J connectivity index is 0.000000173. The molecule has 269 valence electrons. The van der Waals surface area contributed by atoms with E-state index in [4.69, 9.17) is 4.42 Å². The van der Waals surface area contributed by atoms with E-state index in [1.165, 1.54) is 11.1 Å². The third-order valence-electron chi connectivity index (χ3n) is 9.25. The summed E-state index contributed by atoms with van der Waals surface area (Å²) in [6.45, 7) is 6.07. The van der Waals surface area contributed by atoms with Crippen molar-refractivity contribution in [2.24, 2.45) is 0 Å². The summed E-state index contributed by atoms with van der Waals surface area (Å²) >= 11 is 0. The van der Waals surface area contributed by atoms with E-state index in [0.717, 1.165) is 67.5 Å². The number of rotatable bonds is 6. The second-order valence-corrected chi connectivity index (χ2v) is 12.8. The van der Waals surface area contributed by atoms with Crippen molar-refractivity contribution in [2.75, 3.05) is 0 Å². The first-order chi connectivity index (χ1) is 26.5. The number of nitrogens with zero attached hydrogens (tertiary/aromatic N) is 6. The molecule has 0 bridgehead atoms. The van der Waals surface area contributed by atoms with Gasteiger partial charge >= 0.3 is 0 Å². The normalized spacial score (nSPS) is 10.7. The van der Waals surface area contributed by atoms with Crippen molar-refractivity contribution in [3.63, 3.8) is 0 Å². The van der Waals surface area contributed by atoms with Crippen LogP contribution in [0.3, 0.4) is 0 Å². The van der Waals surface area contributed by atoms with Crippen molar-refractivity contribution in [1.29, 1.82) is 5.26 Å². The molecule has 0 fully saturated rings. The van der Waals surface area contributed by atoms with E-state index < -0.39 is 0 Å². The molecule has 0 atom stereocenters. The van der Waals surface area contributed by atoms with Gasteiger partial charge in [0.25, 0.3) is 0 Å². The van der Waals surface area contributed by atoms with Gasteiger partial charge in [-0.3, -0.25) is 9.97 Å². The summed E-state index contributed by atoms with van der Waals surface area (Å²) in [6.07, 6.45) is 7.55. The fourth-order valence-corrected chi connectivity index (χ4v) is 6.84. The van der Waals surface area contributed by atoms with Crippen LogP contribution in [-0.2, 0) is 20.1 Å². The molecule has 0 unspecified atom stereocenters. The molecule has 9 aromatic rings. The minimum absolute atomic E-state index is 0. The van der Waals surface area contributed by atoms with E-state index in [-0.39, 0.29) is 20.1 Å². The predicted octanol–water partition coefficient (Wildman–Crippen LogP) is 10.9. The minimum atomic E-state index is 0. The number of nitriles is 1. The van der Waals surface area contributed by atoms with Crippen LogP contribution in [0.15, 0.2) is 157 Å². The molecular weight excluding hydrogens is 857 g/mol. The number of aryl methyl sites for hydroxylation is 3. The molecule has 0 saturated carbocycles. The molecule has 3 heterocycles. The molecule has 0 amide bonds. The molecule has 3 aromatic heterocycles. The Morgan fingerprint density at radius 2 is 1.20 bits per heavy atom. The van der Waals surface area contributed by atoms with E-state index in [1.807, 2.05) is 80.1 Å². The molecule has 0 aliphatic carbocycles. The molecule has 55 heavy (non-hydrogen) atoms. The second-order valence-electron chi connectivity index (χ2n) is 12.8. The molecular formula is C47H34IrN6O-2. The van der Waals surface area contributed by atoms with Gasteiger partial charge in [0.05, 0.1) is 29.0 Å². The van der Waals surface area contributed by atoms with Crippen molar-refractivity contribution in [3.05, 3.63) is 187 Å². The van der Waals surface area contributed by atoms with Crippen LogP contribution in [0.2, 0.25) is 0 Å². The predicted molar refractivity (Wildman–Crippen MR) is 213 cm³/mol. The zero-order valence-corrected chi connectivity index (χ0v) is 32.8. The van der Waals surface area contributed by atoms with Crippen molar-refractivity contribution in [2.45, 2.75) is 20.8 Å². The molecule has 0 N–H and O–H groups in total. The van der Waals surface area contributed by atoms with Gasteiger partial charge < -0.3 is 13.6 Å². The van der Waals surface area contributed by atoms with Crippen LogP contribution in [-0.4, -0.2) is 24.1 Å². The molecule has 0 saturated heterocycles. The number of imidazole rings is 2. The molecule has 0 aliphatic rings. The van der Waals surface area contributed by atoms with Gasteiger partial charge in [-0.2, -0.15) is 5.26 Å². The molecule has 1 radical (unpaired) electrons. The Morgan fingerprint density at radius 3 is 1.80 bits per heavy atom. The maximum atomic E-state index is 9.34. The van der Waals surface area contributed by atoms with Crippen LogP contribution >= 0.6 is 0 Å². The monoisotopic (exact) mass is 891 g/mol. The first kappa shape index (κ1) is 36.7. The molecule has 6 aromatic carbocycles. The third-order valence-corrected chi connectivity index (χ3v) is 9.25. The van der Waals surface area contributed by atoms with E-state index in [1.54, 1.807) is 18.3 Å². The zero-order valence-electron chi connectivity index (χ0n) is 30.4. The van der Waals surface area contributed by atoms with Crippen LogP contribution < -0.4 is 0 Å². The van der Waals surface area contributed by atoms with Gasteiger partial charge in [0, 0.05) is 74.1 Å². The molecule has 0 spiro atoms. The van der Waals surface area contributed by atoms with Crippen LogP contribution in [0.4, 0.5) is 0 Å². The molecule has 0 aliphatic heterocycles. The van der Waals surface area contributed by atoms with Crippen molar-refractivity contribution >= 4 is 11.1 Å². The largest absolute Gasteiger partial charge is 0.488 e. The Hall–Kier alpha value is -6.65. The summed E-state index contributed by atoms with van der Waals surface area (Å²) in [5.41, 5.74) is 12.9. The van der Waals surface area contributed by atoms with Gasteiger partial charge in [-0.1, -0.05) is 97.1 Å². The Bertz CT molecular complexity index is 2700. The number of oxazole rings is 1. The minimum Gasteiger partial charge on any atom is -0.488 e. The van der Waals surface area contributed by atoms with Crippen LogP contribution in [0.5, 0.6) is 0 Å². The topological polar surface area (TPSA) is 85.5 Å². The Labute approximate surface area is 333 Å². The fraction of sp³-hybridized carbons (Fsp3) is 0.0638. The smallest absolute Gasteiger partial charge is 0.180 e. The molecule has 9 rings (SSSR count). The van der Waals surface area contributed by atoms with Crippen LogP contribution in [0.1, 0.15) is 22.6 Å². The van der Waals surface area contributed by atoms with Gasteiger partial charge in [0.15, 0.2) is 5.89 Å². The summed E-state index contributed by atoms with van der Waals surface area (Å²) in [7, 11) is 0. The van der Waals surface area contributed by atoms with E-state index in [9.17, 15) is 5.26 Å². The van der Waals surface area contributed by atoms with E-state index >= 15 is 0 Å². The maximum Gasteiger partial charge on any atom is 0.180 e. The third kappa shape index (κ3) is 7.45. The van der Waals surface area contributed by atoms with Crippen molar-refractivity contribution in [1.82, 2.24) is 24.1 Å². The van der Waals surface area contributed by atoms with Gasteiger partial charge in [0.1, 0.15) is 0 Å². The average Bonchev–Trinajstić information content (AvgIpc) is 3.98. The Morgan fingerprint density at radius 1 is 0.636 bits per heavy atom. The number of para-hydroxylation sites is 2. The molecule has 7 nitrogen and oxygen atoms in total. The van der Waals surface area contributed by atoms with Gasteiger partial charge in [-0.15, -0.1) is 53.6 Å². The summed E-state index contributed by atoms with van der Waals surface area (Å²) < 4.78 is 9.73. The standard InChI is InChI=1S/C28H18N3.C19H16N3O.Ir/c29-20-21-9-7-14-24(19-21)28-30-17-18-31(28)27-25(22-10-3-1-4-11-22)15-8-16-26(27)23-12-5-2-6-13-23;1-12-5-4-6-13(2)18(12)22-10-9-20-19(22)15-7-8-17-16(11-15)21-14(3)23-17;/h1-13,15-19H;4-6,8-11H,1-3H3;/q2*-1;. The SMILES string of the molecule is Cc1nc2cc(-c3nccn3-c3c(C)cccc3C)[c-]cc2o1.N#Cc1cc[c-]c(-c2nccn2-c2c(-c3ccccc3)cccc2-c2ccccc2)c1.[Ir].